The van der Waals surface area contributed by atoms with Crippen molar-refractivity contribution in [1.82, 2.24) is 15.0 Å². The summed E-state index contributed by atoms with van der Waals surface area (Å²) in [6, 6.07) is 5.77. The third-order valence-corrected chi connectivity index (χ3v) is 2.69. The smallest absolute Gasteiger partial charge is 0.335 e. The number of carbonyl (C=O) groups is 2. The number of hydrogen-bond donors (Lipinski definition) is 2. The first-order valence-electron chi connectivity index (χ1n) is 5.14. The molecular weight excluding hydrogens is 274 g/mol. The van der Waals surface area contributed by atoms with Gasteiger partial charge in [-0.2, -0.15) is 0 Å². The average Bonchev–Trinajstić information content (AvgIpc) is 2.71. The van der Waals surface area contributed by atoms with Crippen molar-refractivity contribution in [3.63, 3.8) is 0 Å². The predicted molar refractivity (Wildman–Crippen MR) is 64.7 cm³/mol. The van der Waals surface area contributed by atoms with Crippen LogP contribution in [-0.2, 0) is 11.2 Å². The molecule has 0 saturated carbocycles. The lowest BCUT2D eigenvalue weighted by atomic mass is 10.2. The molecule has 2 rings (SSSR count). The molecule has 0 radical (unpaired) electrons. The molecular formula is C11H8ClN3O4. The zero-order valence-electron chi connectivity index (χ0n) is 9.45. The van der Waals surface area contributed by atoms with Gasteiger partial charge in [-0.3, -0.25) is 4.79 Å². The van der Waals surface area contributed by atoms with Crippen LogP contribution in [0.5, 0.6) is 0 Å². The Morgan fingerprint density at radius 3 is 2.37 bits per heavy atom. The number of benzene rings is 1. The predicted octanol–water partition coefficient (Wildman–Crippen LogP) is 1.25. The van der Waals surface area contributed by atoms with Crippen LogP contribution in [0, 0.1) is 0 Å². The van der Waals surface area contributed by atoms with Gasteiger partial charge in [0.15, 0.2) is 5.15 Å². The molecule has 19 heavy (non-hydrogen) atoms. The summed E-state index contributed by atoms with van der Waals surface area (Å²) in [6.45, 7) is 0. The minimum absolute atomic E-state index is 0.00436. The van der Waals surface area contributed by atoms with Crippen LogP contribution >= 0.6 is 11.6 Å². The van der Waals surface area contributed by atoms with E-state index in [1.54, 1.807) is 0 Å². The summed E-state index contributed by atoms with van der Waals surface area (Å²) < 4.78 is 1.27. The van der Waals surface area contributed by atoms with Crippen molar-refractivity contribution in [2.45, 2.75) is 6.42 Å². The van der Waals surface area contributed by atoms with Crippen LogP contribution in [0.25, 0.3) is 5.69 Å². The fraction of sp³-hybridized carbons (Fsp3) is 0.0909. The van der Waals surface area contributed by atoms with Crippen molar-refractivity contribution < 1.29 is 19.8 Å². The first kappa shape index (κ1) is 13.0. The Labute approximate surface area is 112 Å². The van der Waals surface area contributed by atoms with Crippen molar-refractivity contribution in [2.75, 3.05) is 0 Å². The van der Waals surface area contributed by atoms with Gasteiger partial charge < -0.3 is 10.2 Å². The maximum absolute atomic E-state index is 10.7. The van der Waals surface area contributed by atoms with Crippen molar-refractivity contribution in [1.29, 1.82) is 0 Å². The maximum Gasteiger partial charge on any atom is 0.335 e. The molecule has 1 aromatic carbocycles. The molecule has 0 saturated heterocycles. The quantitative estimate of drug-likeness (QED) is 0.873. The van der Waals surface area contributed by atoms with Gasteiger partial charge in [-0.15, -0.1) is 5.10 Å². The summed E-state index contributed by atoms with van der Waals surface area (Å²) >= 11 is 5.77. The number of carboxylic acid groups (broad SMARTS) is 2. The molecule has 2 aromatic rings. The summed E-state index contributed by atoms with van der Waals surface area (Å²) in [4.78, 5) is 21.5. The molecule has 1 heterocycles. The normalized spacial score (nSPS) is 10.4. The molecule has 7 nitrogen and oxygen atoms in total. The van der Waals surface area contributed by atoms with Crippen LogP contribution < -0.4 is 0 Å². The molecule has 0 spiro atoms. The Kier molecular flexibility index (Phi) is 3.48. The largest absolute Gasteiger partial charge is 0.481 e. The zero-order chi connectivity index (χ0) is 14.0. The molecule has 0 aliphatic carbocycles. The van der Waals surface area contributed by atoms with Crippen LogP contribution in [0.15, 0.2) is 24.3 Å². The summed E-state index contributed by atoms with van der Waals surface area (Å²) in [5, 5.41) is 24.9. The van der Waals surface area contributed by atoms with Gasteiger partial charge in [-0.05, 0) is 24.3 Å². The first-order chi connectivity index (χ1) is 8.99. The third-order valence-electron chi connectivity index (χ3n) is 2.39. The van der Waals surface area contributed by atoms with Gasteiger partial charge in [0.1, 0.15) is 0 Å². The molecule has 0 fully saturated rings. The molecule has 0 unspecified atom stereocenters. The van der Waals surface area contributed by atoms with Crippen LogP contribution in [0.1, 0.15) is 16.1 Å². The van der Waals surface area contributed by atoms with Crippen LogP contribution in [0.2, 0.25) is 5.15 Å². The lowest BCUT2D eigenvalue weighted by Crippen LogP contribution is -2.08. The van der Waals surface area contributed by atoms with Crippen molar-refractivity contribution in [3.8, 4) is 5.69 Å². The summed E-state index contributed by atoms with van der Waals surface area (Å²) in [6.07, 6.45) is -0.327. The van der Waals surface area contributed by atoms with E-state index >= 15 is 0 Å². The average molecular weight is 282 g/mol. The van der Waals surface area contributed by atoms with Gasteiger partial charge in [0.25, 0.3) is 0 Å². The Balaban J connectivity index is 2.41. The van der Waals surface area contributed by atoms with Gasteiger partial charge in [0.2, 0.25) is 0 Å². The van der Waals surface area contributed by atoms with Crippen molar-refractivity contribution in [2.24, 2.45) is 0 Å². The minimum atomic E-state index is -1.06. The van der Waals surface area contributed by atoms with Crippen molar-refractivity contribution in [3.05, 3.63) is 40.7 Å². The highest BCUT2D eigenvalue weighted by atomic mass is 35.5. The van der Waals surface area contributed by atoms with E-state index in [9.17, 15) is 9.59 Å². The summed E-state index contributed by atoms with van der Waals surface area (Å²) in [5.41, 5.74) is 0.840. The second-order valence-corrected chi connectivity index (χ2v) is 4.02. The van der Waals surface area contributed by atoms with E-state index in [2.05, 4.69) is 10.3 Å². The topological polar surface area (TPSA) is 105 Å². The van der Waals surface area contributed by atoms with E-state index < -0.39 is 11.9 Å². The van der Waals surface area contributed by atoms with Gasteiger partial charge in [0.05, 0.1) is 23.4 Å². The standard InChI is InChI=1S/C11H8ClN3O4/c12-10-8(5-9(16)17)15(14-13-10)7-3-1-6(2-4-7)11(18)19/h1-4H,5H2,(H,16,17)(H,18,19). The van der Waals surface area contributed by atoms with E-state index in [4.69, 9.17) is 21.8 Å². The molecule has 8 heteroatoms. The number of carboxylic acids is 2. The number of halogens is 1. The number of aromatic nitrogens is 3. The molecule has 1 aromatic heterocycles. The summed E-state index contributed by atoms with van der Waals surface area (Å²) in [5.74, 6) is -2.11. The third kappa shape index (κ3) is 2.71. The fourth-order valence-corrected chi connectivity index (χ4v) is 1.71. The van der Waals surface area contributed by atoms with E-state index in [0.29, 0.717) is 5.69 Å². The van der Waals surface area contributed by atoms with Gasteiger partial charge in [-0.1, -0.05) is 16.8 Å². The number of hydrogen-bond acceptors (Lipinski definition) is 4. The highest BCUT2D eigenvalue weighted by molar-refractivity contribution is 6.30. The number of rotatable bonds is 4. The Morgan fingerprint density at radius 1 is 1.21 bits per heavy atom. The second-order valence-electron chi connectivity index (χ2n) is 3.66. The first-order valence-corrected chi connectivity index (χ1v) is 5.52. The van der Waals surface area contributed by atoms with E-state index in [-0.39, 0.29) is 22.8 Å². The fourth-order valence-electron chi connectivity index (χ4n) is 1.53. The van der Waals surface area contributed by atoms with Crippen molar-refractivity contribution >= 4 is 23.5 Å². The zero-order valence-corrected chi connectivity index (χ0v) is 10.2. The van der Waals surface area contributed by atoms with Gasteiger partial charge >= 0.3 is 11.9 Å². The Hall–Kier alpha value is -2.41. The molecule has 98 valence electrons. The van der Waals surface area contributed by atoms with Crippen LogP contribution in [0.4, 0.5) is 0 Å². The SMILES string of the molecule is O=C(O)Cc1c(Cl)nnn1-c1ccc(C(=O)O)cc1. The molecule has 0 amide bonds. The molecule has 0 aliphatic heterocycles. The minimum Gasteiger partial charge on any atom is -0.481 e. The Bertz CT molecular complexity index is 636. The number of nitrogens with zero attached hydrogens (tertiary/aromatic N) is 3. The molecule has 0 atom stereocenters. The highest BCUT2D eigenvalue weighted by Gasteiger charge is 2.16. The maximum atomic E-state index is 10.7. The lowest BCUT2D eigenvalue weighted by molar-refractivity contribution is -0.136. The van der Waals surface area contributed by atoms with Gasteiger partial charge in [-0.25, -0.2) is 9.48 Å². The number of aliphatic carboxylic acids is 1. The second kappa shape index (κ2) is 5.07. The van der Waals surface area contributed by atoms with E-state index in [0.717, 1.165) is 0 Å². The van der Waals surface area contributed by atoms with Gasteiger partial charge in [0, 0.05) is 0 Å². The Morgan fingerprint density at radius 2 is 1.84 bits per heavy atom. The van der Waals surface area contributed by atoms with E-state index in [1.165, 1.54) is 28.9 Å². The monoisotopic (exact) mass is 281 g/mol. The molecule has 0 aliphatic rings. The molecule has 0 bridgehead atoms. The number of aromatic carboxylic acids is 1. The van der Waals surface area contributed by atoms with E-state index in [1.807, 2.05) is 0 Å². The summed E-state index contributed by atoms with van der Waals surface area (Å²) in [7, 11) is 0. The molecule has 2 N–H and O–H groups in total. The van der Waals surface area contributed by atoms with Crippen LogP contribution in [-0.4, -0.2) is 37.1 Å². The van der Waals surface area contributed by atoms with Crippen LogP contribution in [0.3, 0.4) is 0 Å². The lowest BCUT2D eigenvalue weighted by Gasteiger charge is -2.05. The highest BCUT2D eigenvalue weighted by Crippen LogP contribution is 2.18.